The largest absolute Gasteiger partial charge is 0.433 e. The highest BCUT2D eigenvalue weighted by molar-refractivity contribution is 6.36. The van der Waals surface area contributed by atoms with Crippen molar-refractivity contribution in [3.05, 3.63) is 40.0 Å². The van der Waals surface area contributed by atoms with E-state index in [1.807, 2.05) is 0 Å². The molecule has 0 spiro atoms. The quantitative estimate of drug-likeness (QED) is 0.678. The van der Waals surface area contributed by atoms with Gasteiger partial charge in [0.2, 0.25) is 0 Å². The van der Waals surface area contributed by atoms with Crippen molar-refractivity contribution in [2.45, 2.75) is 20.0 Å². The normalized spacial score (nSPS) is 12.1. The van der Waals surface area contributed by atoms with Crippen molar-refractivity contribution in [3.63, 3.8) is 0 Å². The van der Waals surface area contributed by atoms with E-state index in [1.165, 1.54) is 6.92 Å². The van der Waals surface area contributed by atoms with Crippen molar-refractivity contribution >= 4 is 22.5 Å². The van der Waals surface area contributed by atoms with Gasteiger partial charge in [0.15, 0.2) is 0 Å². The zero-order chi connectivity index (χ0) is 12.8. The van der Waals surface area contributed by atoms with E-state index in [4.69, 9.17) is 11.6 Å². The summed E-state index contributed by atoms with van der Waals surface area (Å²) in [6.45, 7) is 3.04. The molecule has 0 saturated heterocycles. The average Bonchev–Trinajstić information content (AvgIpc) is 2.22. The van der Waals surface area contributed by atoms with Gasteiger partial charge in [-0.2, -0.15) is 13.2 Å². The van der Waals surface area contributed by atoms with Crippen LogP contribution in [0.1, 0.15) is 16.8 Å². The van der Waals surface area contributed by atoms with Gasteiger partial charge in [0.25, 0.3) is 0 Å². The number of hydrogen-bond acceptors (Lipinski definition) is 1. The van der Waals surface area contributed by atoms with Gasteiger partial charge in [-0.25, -0.2) is 4.98 Å². The number of fused-ring (bicyclic) bond motifs is 1. The molecule has 1 heterocycles. The molecule has 17 heavy (non-hydrogen) atoms. The standard InChI is InChI=1S/C12H9ClF3N/c1-6-4-3-5-8-9(13)7(2)11(12(14,15)16)17-10(6)8/h3-5H,1-2H3. The van der Waals surface area contributed by atoms with Crippen LogP contribution in [0.2, 0.25) is 5.02 Å². The summed E-state index contributed by atoms with van der Waals surface area (Å²) in [4.78, 5) is 3.70. The monoisotopic (exact) mass is 259 g/mol. The molecule has 90 valence electrons. The van der Waals surface area contributed by atoms with Crippen LogP contribution in [0.15, 0.2) is 18.2 Å². The van der Waals surface area contributed by atoms with Crippen molar-refractivity contribution in [1.82, 2.24) is 4.98 Å². The molecule has 0 aliphatic rings. The second kappa shape index (κ2) is 3.88. The topological polar surface area (TPSA) is 12.9 Å². The second-order valence-corrected chi connectivity index (χ2v) is 4.25. The van der Waals surface area contributed by atoms with Crippen molar-refractivity contribution in [2.75, 3.05) is 0 Å². The zero-order valence-electron chi connectivity index (χ0n) is 9.19. The molecule has 1 aromatic heterocycles. The van der Waals surface area contributed by atoms with Crippen LogP contribution in [0, 0.1) is 13.8 Å². The first-order chi connectivity index (χ1) is 7.82. The zero-order valence-corrected chi connectivity index (χ0v) is 9.95. The molecule has 5 heteroatoms. The lowest BCUT2D eigenvalue weighted by Crippen LogP contribution is -2.11. The number of nitrogens with zero attached hydrogens (tertiary/aromatic N) is 1. The highest BCUT2D eigenvalue weighted by Gasteiger charge is 2.35. The fourth-order valence-corrected chi connectivity index (χ4v) is 2.00. The highest BCUT2D eigenvalue weighted by Crippen LogP contribution is 2.37. The Morgan fingerprint density at radius 1 is 1.18 bits per heavy atom. The van der Waals surface area contributed by atoms with Crippen LogP contribution in [0.5, 0.6) is 0 Å². The summed E-state index contributed by atoms with van der Waals surface area (Å²) in [5.41, 5.74) is 0.0342. The third kappa shape index (κ3) is 1.97. The number of aryl methyl sites for hydroxylation is 1. The summed E-state index contributed by atoms with van der Waals surface area (Å²) >= 11 is 5.97. The Morgan fingerprint density at radius 2 is 1.82 bits per heavy atom. The Bertz CT molecular complexity index is 590. The molecule has 2 aromatic rings. The SMILES string of the molecule is Cc1c(C(F)(F)F)nc2c(C)cccc2c1Cl. The van der Waals surface area contributed by atoms with Crippen LogP contribution < -0.4 is 0 Å². The number of aromatic nitrogens is 1. The average molecular weight is 260 g/mol. The smallest absolute Gasteiger partial charge is 0.243 e. The van der Waals surface area contributed by atoms with Gasteiger partial charge < -0.3 is 0 Å². The van der Waals surface area contributed by atoms with E-state index in [0.717, 1.165) is 0 Å². The van der Waals surface area contributed by atoms with Gasteiger partial charge in [-0.15, -0.1) is 0 Å². The molecule has 0 aliphatic carbocycles. The predicted octanol–water partition coefficient (Wildman–Crippen LogP) is 4.52. The number of rotatable bonds is 0. The Kier molecular flexibility index (Phi) is 2.78. The van der Waals surface area contributed by atoms with E-state index in [9.17, 15) is 13.2 Å². The molecular weight excluding hydrogens is 251 g/mol. The van der Waals surface area contributed by atoms with Gasteiger partial charge in [0.1, 0.15) is 5.69 Å². The molecule has 0 unspecified atom stereocenters. The summed E-state index contributed by atoms with van der Waals surface area (Å²) in [5, 5.41) is 0.670. The first-order valence-corrected chi connectivity index (χ1v) is 5.33. The number of hydrogen-bond donors (Lipinski definition) is 0. The summed E-state index contributed by atoms with van der Waals surface area (Å²) in [6, 6.07) is 5.13. The minimum atomic E-state index is -4.48. The van der Waals surface area contributed by atoms with Crippen LogP contribution in [-0.4, -0.2) is 4.98 Å². The third-order valence-electron chi connectivity index (χ3n) is 2.65. The lowest BCUT2D eigenvalue weighted by molar-refractivity contribution is -0.141. The van der Waals surface area contributed by atoms with E-state index in [1.54, 1.807) is 25.1 Å². The maximum Gasteiger partial charge on any atom is 0.433 e. The van der Waals surface area contributed by atoms with Crippen molar-refractivity contribution < 1.29 is 13.2 Å². The van der Waals surface area contributed by atoms with Gasteiger partial charge in [0, 0.05) is 5.39 Å². The Morgan fingerprint density at radius 3 is 2.41 bits per heavy atom. The lowest BCUT2D eigenvalue weighted by Gasteiger charge is -2.13. The maximum atomic E-state index is 12.8. The summed E-state index contributed by atoms with van der Waals surface area (Å²) < 4.78 is 38.3. The maximum absolute atomic E-state index is 12.8. The van der Waals surface area contributed by atoms with Crippen molar-refractivity contribution in [1.29, 1.82) is 0 Å². The van der Waals surface area contributed by atoms with Gasteiger partial charge in [-0.3, -0.25) is 0 Å². The van der Waals surface area contributed by atoms with Gasteiger partial charge in [-0.1, -0.05) is 29.8 Å². The molecule has 0 fully saturated rings. The second-order valence-electron chi connectivity index (χ2n) is 3.87. The fourth-order valence-electron chi connectivity index (χ4n) is 1.76. The Hall–Kier alpha value is -1.29. The first kappa shape index (κ1) is 12.2. The number of benzene rings is 1. The molecule has 0 radical (unpaired) electrons. The molecule has 0 saturated carbocycles. The first-order valence-electron chi connectivity index (χ1n) is 4.95. The van der Waals surface area contributed by atoms with E-state index in [2.05, 4.69) is 4.98 Å². The van der Waals surface area contributed by atoms with Gasteiger partial charge >= 0.3 is 6.18 Å². The highest BCUT2D eigenvalue weighted by atomic mass is 35.5. The van der Waals surface area contributed by atoms with Crippen LogP contribution in [0.25, 0.3) is 10.9 Å². The minimum Gasteiger partial charge on any atom is -0.243 e. The predicted molar refractivity (Wildman–Crippen MR) is 61.2 cm³/mol. The lowest BCUT2D eigenvalue weighted by atomic mass is 10.1. The van der Waals surface area contributed by atoms with Crippen LogP contribution in [0.4, 0.5) is 13.2 Å². The summed E-state index contributed by atoms with van der Waals surface area (Å²) in [7, 11) is 0. The molecule has 0 bridgehead atoms. The molecular formula is C12H9ClF3N. The van der Waals surface area contributed by atoms with Crippen molar-refractivity contribution in [3.8, 4) is 0 Å². The molecule has 1 nitrogen and oxygen atoms in total. The van der Waals surface area contributed by atoms with E-state index >= 15 is 0 Å². The Labute approximate surface area is 101 Å². The van der Waals surface area contributed by atoms with Crippen LogP contribution in [0.3, 0.4) is 0 Å². The van der Waals surface area contributed by atoms with E-state index in [0.29, 0.717) is 16.5 Å². The summed E-state index contributed by atoms with van der Waals surface area (Å²) in [6.07, 6.45) is -4.48. The third-order valence-corrected chi connectivity index (χ3v) is 3.14. The molecule has 0 N–H and O–H groups in total. The fraction of sp³-hybridized carbons (Fsp3) is 0.250. The van der Waals surface area contributed by atoms with Gasteiger partial charge in [-0.05, 0) is 25.0 Å². The summed E-state index contributed by atoms with van der Waals surface area (Å²) in [5.74, 6) is 0. The van der Waals surface area contributed by atoms with Crippen molar-refractivity contribution in [2.24, 2.45) is 0 Å². The van der Waals surface area contributed by atoms with E-state index in [-0.39, 0.29) is 10.6 Å². The molecule has 0 aliphatic heterocycles. The minimum absolute atomic E-state index is 0.0303. The van der Waals surface area contributed by atoms with Crippen LogP contribution in [-0.2, 0) is 6.18 Å². The number of alkyl halides is 3. The molecule has 1 aromatic carbocycles. The molecule has 2 rings (SSSR count). The number of pyridine rings is 1. The Balaban J connectivity index is 2.91. The number of halogens is 4. The van der Waals surface area contributed by atoms with E-state index < -0.39 is 11.9 Å². The molecule has 0 atom stereocenters. The van der Waals surface area contributed by atoms with Gasteiger partial charge in [0.05, 0.1) is 10.5 Å². The number of para-hydroxylation sites is 1. The molecule has 0 amide bonds. The van der Waals surface area contributed by atoms with Crippen LogP contribution >= 0.6 is 11.6 Å².